The molecule has 1 aromatic carbocycles. The second-order valence-electron chi connectivity index (χ2n) is 5.60. The van der Waals surface area contributed by atoms with Crippen LogP contribution in [-0.4, -0.2) is 19.8 Å². The van der Waals surface area contributed by atoms with Crippen LogP contribution in [0.25, 0.3) is 0 Å². The van der Waals surface area contributed by atoms with Crippen molar-refractivity contribution in [2.75, 3.05) is 0 Å². The fourth-order valence-electron chi connectivity index (χ4n) is 3.58. The molecule has 3 heteroatoms. The highest BCUT2D eigenvalue weighted by Gasteiger charge is 2.48. The molecule has 0 radical (unpaired) electrons. The van der Waals surface area contributed by atoms with E-state index in [4.69, 9.17) is 0 Å². The van der Waals surface area contributed by atoms with Crippen LogP contribution < -0.4 is 0 Å². The average molecular weight is 264 g/mol. The van der Waals surface area contributed by atoms with Gasteiger partial charge >= 0.3 is 0 Å². The maximum atomic E-state index is 12.1. The van der Waals surface area contributed by atoms with E-state index in [0.29, 0.717) is 12.8 Å². The van der Waals surface area contributed by atoms with Crippen LogP contribution in [0.15, 0.2) is 24.3 Å². The largest absolute Gasteiger partial charge is 0.385 e. The van der Waals surface area contributed by atoms with Crippen molar-refractivity contribution in [3.05, 3.63) is 35.4 Å². The molecule has 2 aliphatic rings. The Balaban J connectivity index is 1.98. The van der Waals surface area contributed by atoms with E-state index in [1.807, 2.05) is 18.2 Å². The molecule has 2 heterocycles. The molecule has 2 bridgehead atoms. The number of hydrogen-bond donors (Lipinski definition) is 1. The van der Waals surface area contributed by atoms with Gasteiger partial charge in [0.15, 0.2) is 0 Å². The maximum Gasteiger partial charge on any atom is 0.0922 e. The van der Waals surface area contributed by atoms with Gasteiger partial charge in [0.25, 0.3) is 0 Å². The minimum absolute atomic E-state index is 0.207. The summed E-state index contributed by atoms with van der Waals surface area (Å²) < 4.78 is 12.1. The fourth-order valence-corrected chi connectivity index (χ4v) is 5.74. The lowest BCUT2D eigenvalue weighted by atomic mass is 9.82. The summed E-state index contributed by atoms with van der Waals surface area (Å²) in [5, 5.41) is 11.4. The van der Waals surface area contributed by atoms with Crippen LogP contribution in [0.5, 0.6) is 0 Å². The van der Waals surface area contributed by atoms with Crippen LogP contribution in [0.3, 0.4) is 0 Å². The standard InChI is InChI=1S/C15H20O2S/c1-2-11-5-3-4-6-14(11)15(16)9-12-7-8-13(10-15)18(12)17/h3-6,12-13,16H,2,7-10H2,1H3. The van der Waals surface area contributed by atoms with Crippen molar-refractivity contribution in [2.45, 2.75) is 55.1 Å². The smallest absolute Gasteiger partial charge is 0.0922 e. The fraction of sp³-hybridized carbons (Fsp3) is 0.600. The Morgan fingerprint density at radius 2 is 1.89 bits per heavy atom. The topological polar surface area (TPSA) is 37.3 Å². The highest BCUT2D eigenvalue weighted by Crippen LogP contribution is 2.46. The van der Waals surface area contributed by atoms with Crippen LogP contribution in [0.1, 0.15) is 43.7 Å². The van der Waals surface area contributed by atoms with Gasteiger partial charge in [-0.1, -0.05) is 31.2 Å². The minimum Gasteiger partial charge on any atom is -0.385 e. The van der Waals surface area contributed by atoms with Crippen molar-refractivity contribution in [1.82, 2.24) is 0 Å². The zero-order chi connectivity index (χ0) is 12.8. The summed E-state index contributed by atoms with van der Waals surface area (Å²) in [5.74, 6) is 0. The second kappa shape index (κ2) is 4.46. The molecular formula is C15H20O2S. The van der Waals surface area contributed by atoms with Crippen molar-refractivity contribution in [2.24, 2.45) is 0 Å². The SMILES string of the molecule is CCc1ccccc1C1(O)CC2CCC(C1)S2=O. The van der Waals surface area contributed by atoms with E-state index in [-0.39, 0.29) is 10.5 Å². The van der Waals surface area contributed by atoms with Gasteiger partial charge in [-0.2, -0.15) is 0 Å². The van der Waals surface area contributed by atoms with Gasteiger partial charge in [0.2, 0.25) is 0 Å². The molecule has 0 amide bonds. The summed E-state index contributed by atoms with van der Waals surface area (Å²) in [7, 11) is -0.708. The van der Waals surface area contributed by atoms with E-state index in [0.717, 1.165) is 24.8 Å². The van der Waals surface area contributed by atoms with E-state index in [1.54, 1.807) is 0 Å². The van der Waals surface area contributed by atoms with E-state index >= 15 is 0 Å². The maximum absolute atomic E-state index is 12.1. The summed E-state index contributed by atoms with van der Waals surface area (Å²) in [6.45, 7) is 2.12. The first-order valence-electron chi connectivity index (χ1n) is 6.84. The number of aliphatic hydroxyl groups is 1. The number of aryl methyl sites for hydroxylation is 1. The third kappa shape index (κ3) is 1.84. The minimum atomic E-state index is -0.744. The summed E-state index contributed by atoms with van der Waals surface area (Å²) in [5.41, 5.74) is 1.56. The van der Waals surface area contributed by atoms with Gasteiger partial charge in [0, 0.05) is 21.3 Å². The third-order valence-corrected chi connectivity index (χ3v) is 6.62. The molecule has 2 fully saturated rings. The lowest BCUT2D eigenvalue weighted by molar-refractivity contribution is 0.0177. The lowest BCUT2D eigenvalue weighted by Gasteiger charge is -2.37. The first-order chi connectivity index (χ1) is 8.64. The Kier molecular flexibility index (Phi) is 3.07. The Labute approximate surface area is 111 Å². The molecule has 1 N–H and O–H groups in total. The van der Waals surface area contributed by atoms with Crippen LogP contribution in [-0.2, 0) is 22.8 Å². The molecule has 2 aliphatic heterocycles. The number of hydrogen-bond acceptors (Lipinski definition) is 2. The normalized spacial score (nSPS) is 38.9. The van der Waals surface area contributed by atoms with Crippen LogP contribution in [0.4, 0.5) is 0 Å². The molecule has 2 saturated heterocycles. The molecule has 2 nitrogen and oxygen atoms in total. The molecule has 18 heavy (non-hydrogen) atoms. The monoisotopic (exact) mass is 264 g/mol. The summed E-state index contributed by atoms with van der Waals surface area (Å²) in [6.07, 6.45) is 4.33. The molecule has 0 spiro atoms. The lowest BCUT2D eigenvalue weighted by Crippen LogP contribution is -2.40. The first kappa shape index (κ1) is 12.4. The van der Waals surface area contributed by atoms with Crippen molar-refractivity contribution in [3.63, 3.8) is 0 Å². The molecule has 2 atom stereocenters. The van der Waals surface area contributed by atoms with Gasteiger partial charge < -0.3 is 5.11 Å². The van der Waals surface area contributed by atoms with Crippen molar-refractivity contribution in [3.8, 4) is 0 Å². The third-order valence-electron chi connectivity index (χ3n) is 4.50. The Morgan fingerprint density at radius 1 is 1.28 bits per heavy atom. The van der Waals surface area contributed by atoms with Gasteiger partial charge in [-0.3, -0.25) is 4.21 Å². The van der Waals surface area contributed by atoms with Crippen molar-refractivity contribution in [1.29, 1.82) is 0 Å². The predicted octanol–water partition coefficient (Wildman–Crippen LogP) is 2.51. The number of fused-ring (bicyclic) bond motifs is 2. The zero-order valence-corrected chi connectivity index (χ0v) is 11.6. The predicted molar refractivity (Wildman–Crippen MR) is 73.9 cm³/mol. The van der Waals surface area contributed by atoms with Crippen molar-refractivity contribution < 1.29 is 9.32 Å². The number of rotatable bonds is 2. The highest BCUT2D eigenvalue weighted by atomic mass is 32.2. The molecular weight excluding hydrogens is 244 g/mol. The second-order valence-corrected chi connectivity index (χ2v) is 7.59. The van der Waals surface area contributed by atoms with Crippen LogP contribution in [0.2, 0.25) is 0 Å². The van der Waals surface area contributed by atoms with Crippen LogP contribution >= 0.6 is 0 Å². The Bertz CT molecular complexity index is 467. The van der Waals surface area contributed by atoms with Crippen molar-refractivity contribution >= 4 is 10.8 Å². The van der Waals surface area contributed by atoms with E-state index in [2.05, 4.69) is 13.0 Å². The molecule has 3 rings (SSSR count). The molecule has 98 valence electrons. The highest BCUT2D eigenvalue weighted by molar-refractivity contribution is 7.86. The van der Waals surface area contributed by atoms with Gasteiger partial charge in [-0.05, 0) is 43.2 Å². The molecule has 0 saturated carbocycles. The van der Waals surface area contributed by atoms with Gasteiger partial charge in [0.1, 0.15) is 0 Å². The van der Waals surface area contributed by atoms with Gasteiger partial charge in [-0.15, -0.1) is 0 Å². The van der Waals surface area contributed by atoms with E-state index < -0.39 is 16.4 Å². The summed E-state index contributed by atoms with van der Waals surface area (Å²) in [4.78, 5) is 0. The van der Waals surface area contributed by atoms with E-state index in [1.165, 1.54) is 5.56 Å². The summed E-state index contributed by atoms with van der Waals surface area (Å²) in [6, 6.07) is 8.18. The zero-order valence-electron chi connectivity index (χ0n) is 10.8. The number of benzene rings is 1. The Morgan fingerprint density at radius 3 is 2.50 bits per heavy atom. The molecule has 0 aliphatic carbocycles. The quantitative estimate of drug-likeness (QED) is 0.891. The van der Waals surface area contributed by atoms with Gasteiger partial charge in [0.05, 0.1) is 5.60 Å². The summed E-state index contributed by atoms with van der Waals surface area (Å²) >= 11 is 0. The molecule has 1 aromatic rings. The molecule has 2 unspecified atom stereocenters. The first-order valence-corrected chi connectivity index (χ1v) is 8.12. The van der Waals surface area contributed by atoms with Gasteiger partial charge in [-0.25, -0.2) is 0 Å². The Hall–Kier alpha value is -0.670. The molecule has 0 aromatic heterocycles. The van der Waals surface area contributed by atoms with E-state index in [9.17, 15) is 9.32 Å². The average Bonchev–Trinajstić information content (AvgIpc) is 2.63. The van der Waals surface area contributed by atoms with Crippen LogP contribution in [0, 0.1) is 0 Å².